The number of pyridine rings is 1. The van der Waals surface area contributed by atoms with E-state index in [-0.39, 0.29) is 28.5 Å². The molecule has 1 N–H and O–H groups in total. The molecule has 27 heavy (non-hydrogen) atoms. The van der Waals surface area contributed by atoms with E-state index >= 15 is 0 Å². The molecule has 1 aliphatic rings. The SMILES string of the molecule is Cn1c(=O)c2cc(C(=O)NC3CCOc4ccccc43)cnc2n(C)c1=O. The summed E-state index contributed by atoms with van der Waals surface area (Å²) < 4.78 is 7.90. The number of benzene rings is 1. The molecule has 0 aliphatic carbocycles. The number of aryl methyl sites for hydroxylation is 1. The van der Waals surface area contributed by atoms with E-state index in [2.05, 4.69) is 10.3 Å². The molecular formula is C19H18N4O4. The van der Waals surface area contributed by atoms with Gasteiger partial charge in [0, 0.05) is 32.3 Å². The summed E-state index contributed by atoms with van der Waals surface area (Å²) in [6.07, 6.45) is 2.03. The number of hydrogen-bond donors (Lipinski definition) is 1. The molecule has 0 fully saturated rings. The fourth-order valence-electron chi connectivity index (χ4n) is 3.32. The van der Waals surface area contributed by atoms with E-state index < -0.39 is 11.2 Å². The average molecular weight is 366 g/mol. The van der Waals surface area contributed by atoms with Gasteiger partial charge < -0.3 is 10.1 Å². The van der Waals surface area contributed by atoms with Gasteiger partial charge in [0.05, 0.1) is 23.6 Å². The molecule has 3 aromatic rings. The molecule has 0 spiro atoms. The smallest absolute Gasteiger partial charge is 0.332 e. The molecule has 0 saturated carbocycles. The zero-order chi connectivity index (χ0) is 19.1. The average Bonchev–Trinajstić information content (AvgIpc) is 2.70. The van der Waals surface area contributed by atoms with Gasteiger partial charge in [-0.15, -0.1) is 0 Å². The molecule has 1 amide bonds. The first-order chi connectivity index (χ1) is 13.0. The number of aromatic nitrogens is 3. The number of nitrogens with zero attached hydrogens (tertiary/aromatic N) is 3. The van der Waals surface area contributed by atoms with Crippen LogP contribution < -0.4 is 21.3 Å². The minimum Gasteiger partial charge on any atom is -0.493 e. The summed E-state index contributed by atoms with van der Waals surface area (Å²) >= 11 is 0. The zero-order valence-corrected chi connectivity index (χ0v) is 14.9. The van der Waals surface area contributed by atoms with Crippen LogP contribution in [0.15, 0.2) is 46.1 Å². The number of carbonyl (C=O) groups is 1. The van der Waals surface area contributed by atoms with Crippen LogP contribution in [0.2, 0.25) is 0 Å². The summed E-state index contributed by atoms with van der Waals surface area (Å²) in [6.45, 7) is 0.514. The summed E-state index contributed by atoms with van der Waals surface area (Å²) in [4.78, 5) is 41.3. The summed E-state index contributed by atoms with van der Waals surface area (Å²) in [5.41, 5.74) is 0.491. The molecule has 3 heterocycles. The Balaban J connectivity index is 1.70. The van der Waals surface area contributed by atoms with Gasteiger partial charge in [0.1, 0.15) is 11.4 Å². The van der Waals surface area contributed by atoms with E-state index in [1.54, 1.807) is 0 Å². The summed E-state index contributed by atoms with van der Waals surface area (Å²) in [5, 5.41) is 3.20. The second kappa shape index (κ2) is 6.39. The zero-order valence-electron chi connectivity index (χ0n) is 14.9. The van der Waals surface area contributed by atoms with Gasteiger partial charge in [-0.2, -0.15) is 0 Å². The van der Waals surface area contributed by atoms with E-state index in [1.165, 1.54) is 30.9 Å². The molecule has 0 saturated heterocycles. The maximum Gasteiger partial charge on any atom is 0.332 e. The Morgan fingerprint density at radius 2 is 2.00 bits per heavy atom. The number of para-hydroxylation sites is 1. The van der Waals surface area contributed by atoms with Crippen molar-refractivity contribution in [3.8, 4) is 5.75 Å². The number of rotatable bonds is 2. The molecule has 4 rings (SSSR count). The minimum atomic E-state index is -0.480. The van der Waals surface area contributed by atoms with E-state index in [0.29, 0.717) is 13.0 Å². The van der Waals surface area contributed by atoms with Gasteiger partial charge in [0.2, 0.25) is 0 Å². The first kappa shape index (κ1) is 17.0. The number of ether oxygens (including phenoxy) is 1. The number of nitrogens with one attached hydrogen (secondary N) is 1. The van der Waals surface area contributed by atoms with E-state index in [9.17, 15) is 14.4 Å². The van der Waals surface area contributed by atoms with Crippen LogP contribution in [0.1, 0.15) is 28.4 Å². The van der Waals surface area contributed by atoms with Gasteiger partial charge in [0.25, 0.3) is 11.5 Å². The standard InChI is InChI=1S/C19H18N4O4/c1-22-16-13(18(25)23(2)19(22)26)9-11(10-20-16)17(24)21-14-7-8-27-15-6-4-3-5-12(14)15/h3-6,9-10,14H,7-8H2,1-2H3,(H,21,24). The number of fused-ring (bicyclic) bond motifs is 2. The maximum atomic E-state index is 12.7. The Hall–Kier alpha value is -3.42. The van der Waals surface area contributed by atoms with Crippen molar-refractivity contribution in [2.75, 3.05) is 6.61 Å². The molecule has 1 aliphatic heterocycles. The van der Waals surface area contributed by atoms with Crippen LogP contribution in [-0.4, -0.2) is 26.6 Å². The highest BCUT2D eigenvalue weighted by molar-refractivity contribution is 5.97. The lowest BCUT2D eigenvalue weighted by atomic mass is 10.0. The van der Waals surface area contributed by atoms with Crippen molar-refractivity contribution in [2.45, 2.75) is 12.5 Å². The van der Waals surface area contributed by atoms with Crippen molar-refractivity contribution in [1.82, 2.24) is 19.4 Å². The van der Waals surface area contributed by atoms with E-state index in [1.807, 2.05) is 24.3 Å². The first-order valence-electron chi connectivity index (χ1n) is 8.55. The summed E-state index contributed by atoms with van der Waals surface area (Å²) in [6, 6.07) is 8.87. The largest absolute Gasteiger partial charge is 0.493 e. The molecular weight excluding hydrogens is 348 g/mol. The van der Waals surface area contributed by atoms with Crippen molar-refractivity contribution < 1.29 is 9.53 Å². The van der Waals surface area contributed by atoms with Crippen LogP contribution >= 0.6 is 0 Å². The number of carbonyl (C=O) groups excluding carboxylic acids is 1. The van der Waals surface area contributed by atoms with Crippen molar-refractivity contribution in [3.63, 3.8) is 0 Å². The van der Waals surface area contributed by atoms with Crippen LogP contribution in [0.3, 0.4) is 0 Å². The third kappa shape index (κ3) is 2.79. The molecule has 2 aromatic heterocycles. The van der Waals surface area contributed by atoms with Crippen LogP contribution in [0.25, 0.3) is 11.0 Å². The van der Waals surface area contributed by atoms with Gasteiger partial charge in [-0.05, 0) is 12.1 Å². The second-order valence-electron chi connectivity index (χ2n) is 6.50. The summed E-state index contributed by atoms with van der Waals surface area (Å²) in [5.74, 6) is 0.427. The Kier molecular flexibility index (Phi) is 4.02. The molecule has 0 bridgehead atoms. The van der Waals surface area contributed by atoms with Crippen LogP contribution in [0.5, 0.6) is 5.75 Å². The molecule has 1 atom stereocenters. The lowest BCUT2D eigenvalue weighted by Crippen LogP contribution is -2.37. The molecule has 138 valence electrons. The maximum absolute atomic E-state index is 12.7. The number of hydrogen-bond acceptors (Lipinski definition) is 5. The van der Waals surface area contributed by atoms with Gasteiger partial charge in [-0.25, -0.2) is 9.78 Å². The van der Waals surface area contributed by atoms with Crippen LogP contribution in [0.4, 0.5) is 0 Å². The van der Waals surface area contributed by atoms with Gasteiger partial charge in [-0.1, -0.05) is 18.2 Å². The van der Waals surface area contributed by atoms with Gasteiger partial charge in [0.15, 0.2) is 0 Å². The Morgan fingerprint density at radius 3 is 2.81 bits per heavy atom. The number of amides is 1. The predicted octanol–water partition coefficient (Wildman–Crippen LogP) is 0.886. The van der Waals surface area contributed by atoms with Crippen LogP contribution in [-0.2, 0) is 14.1 Å². The highest BCUT2D eigenvalue weighted by atomic mass is 16.5. The fourth-order valence-corrected chi connectivity index (χ4v) is 3.32. The topological polar surface area (TPSA) is 95.2 Å². The molecule has 1 aromatic carbocycles. The Labute approximate surface area is 154 Å². The predicted molar refractivity (Wildman–Crippen MR) is 99.0 cm³/mol. The third-order valence-electron chi connectivity index (χ3n) is 4.82. The minimum absolute atomic E-state index is 0.180. The van der Waals surface area contributed by atoms with Crippen molar-refractivity contribution >= 4 is 16.9 Å². The van der Waals surface area contributed by atoms with Gasteiger partial charge >= 0.3 is 5.69 Å². The highest BCUT2D eigenvalue weighted by Crippen LogP contribution is 2.31. The monoisotopic (exact) mass is 366 g/mol. The molecule has 0 radical (unpaired) electrons. The molecule has 8 heteroatoms. The van der Waals surface area contributed by atoms with Crippen molar-refractivity contribution in [1.29, 1.82) is 0 Å². The molecule has 1 unspecified atom stereocenters. The Bertz CT molecular complexity index is 1180. The van der Waals surface area contributed by atoms with Gasteiger partial charge in [-0.3, -0.25) is 18.7 Å². The molecule has 8 nitrogen and oxygen atoms in total. The highest BCUT2D eigenvalue weighted by Gasteiger charge is 2.23. The summed E-state index contributed by atoms with van der Waals surface area (Å²) in [7, 11) is 2.94. The lowest BCUT2D eigenvalue weighted by Gasteiger charge is -2.26. The fraction of sp³-hybridized carbons (Fsp3) is 0.263. The van der Waals surface area contributed by atoms with E-state index in [0.717, 1.165) is 15.9 Å². The lowest BCUT2D eigenvalue weighted by molar-refractivity contribution is 0.0924. The Morgan fingerprint density at radius 1 is 1.22 bits per heavy atom. The van der Waals surface area contributed by atoms with Crippen molar-refractivity contribution in [2.24, 2.45) is 14.1 Å². The first-order valence-corrected chi connectivity index (χ1v) is 8.55. The quantitative estimate of drug-likeness (QED) is 0.727. The van der Waals surface area contributed by atoms with Crippen LogP contribution in [0, 0.1) is 0 Å². The van der Waals surface area contributed by atoms with Crippen molar-refractivity contribution in [3.05, 3.63) is 68.5 Å². The van der Waals surface area contributed by atoms with E-state index in [4.69, 9.17) is 4.74 Å². The second-order valence-corrected chi connectivity index (χ2v) is 6.50. The normalized spacial score (nSPS) is 15.9. The third-order valence-corrected chi connectivity index (χ3v) is 4.82.